The Morgan fingerprint density at radius 1 is 0.347 bits per heavy atom. The molecule has 0 amide bonds. The van der Waals surface area contributed by atoms with Crippen LogP contribution < -0.4 is 31.2 Å². The number of unbranched alkanes of at least 4 members (excludes halogenated alkanes) is 15. The van der Waals surface area contributed by atoms with Crippen LogP contribution in [0.4, 0.5) is 105 Å². The summed E-state index contributed by atoms with van der Waals surface area (Å²) < 4.78 is 349. The van der Waals surface area contributed by atoms with E-state index in [1.54, 1.807) is 0 Å². The molecule has 0 bridgehead atoms. The number of hydrogen-bond donors (Lipinski definition) is 0. The lowest BCUT2D eigenvalue weighted by Gasteiger charge is -2.46. The van der Waals surface area contributed by atoms with Crippen molar-refractivity contribution in [1.29, 1.82) is 0 Å². The number of benzene rings is 6. The third-order valence-electron chi connectivity index (χ3n) is 16.0. The van der Waals surface area contributed by atoms with Gasteiger partial charge in [-0.15, -0.1) is 0 Å². The van der Waals surface area contributed by atoms with Crippen LogP contribution in [0.1, 0.15) is 165 Å². The fourth-order valence-electron chi connectivity index (χ4n) is 11.3. The van der Waals surface area contributed by atoms with Crippen LogP contribution in [0.5, 0.6) is 5.88 Å². The topological polar surface area (TPSA) is 30.2 Å². The Labute approximate surface area is 530 Å². The second-order valence-corrected chi connectivity index (χ2v) is 23.0. The quantitative estimate of drug-likeness (QED) is 0.0188. The van der Waals surface area contributed by atoms with Gasteiger partial charge in [-0.3, -0.25) is 4.79 Å². The van der Waals surface area contributed by atoms with E-state index < -0.39 is 195 Å². The number of pyridine rings is 1. The van der Waals surface area contributed by atoms with Gasteiger partial charge in [0.1, 0.15) is 6.15 Å². The van der Waals surface area contributed by atoms with E-state index in [1.165, 1.54) is 96.3 Å². The minimum absolute atomic E-state index is 0.0955. The minimum Gasteiger partial charge on any atom is -0.444 e. The second kappa shape index (κ2) is 31.2. The monoisotopic (exact) mass is 1380 g/mol. The maximum Gasteiger partial charge on any atom is 0.416 e. The summed E-state index contributed by atoms with van der Waals surface area (Å²) in [6.45, 7) is 3.25. The summed E-state index contributed by atoms with van der Waals surface area (Å²) in [5.74, 6) is 0.895. The molecule has 518 valence electrons. The van der Waals surface area contributed by atoms with Gasteiger partial charge in [-0.2, -0.15) is 132 Å². The number of ketones is 1. The Bertz CT molecular complexity index is 3220. The number of carbonyl (C=O) groups is 1. The Morgan fingerprint density at radius 3 is 0.916 bits per heavy atom. The second-order valence-electron chi connectivity index (χ2n) is 23.0. The lowest BCUT2D eigenvalue weighted by molar-refractivity contribution is -0.687. The zero-order valence-corrected chi connectivity index (χ0v) is 50.4. The van der Waals surface area contributed by atoms with Crippen molar-refractivity contribution in [3.05, 3.63) is 190 Å². The number of nitrogens with zero attached hydrogens (tertiary/aromatic N) is 1. The zero-order valence-electron chi connectivity index (χ0n) is 50.4. The molecule has 0 atom stereocenters. The van der Waals surface area contributed by atoms with Crippen molar-refractivity contribution in [2.24, 2.45) is 0 Å². The summed E-state index contributed by atoms with van der Waals surface area (Å²) in [6, 6.07) is 11.0. The van der Waals surface area contributed by atoms with Gasteiger partial charge in [0.15, 0.2) is 6.20 Å². The van der Waals surface area contributed by atoms with Crippen LogP contribution in [0, 0.1) is 0 Å². The minimum atomic E-state index is -6.13. The third kappa shape index (κ3) is 21.0. The molecule has 0 N–H and O–H groups in total. The molecule has 0 spiro atoms. The first kappa shape index (κ1) is 76.6. The van der Waals surface area contributed by atoms with Gasteiger partial charge in [0.2, 0.25) is 12.3 Å². The molecule has 0 aliphatic carbocycles. The molecule has 0 aliphatic rings. The molecule has 0 fully saturated rings. The predicted molar refractivity (Wildman–Crippen MR) is 310 cm³/mol. The lowest BCUT2D eigenvalue weighted by atomic mass is 9.12. The highest BCUT2D eigenvalue weighted by atomic mass is 19.4. The van der Waals surface area contributed by atoms with Gasteiger partial charge in [0.05, 0.1) is 56.5 Å². The van der Waals surface area contributed by atoms with Crippen LogP contribution >= 0.6 is 0 Å². The molecule has 0 unspecified atom stereocenters. The summed E-state index contributed by atoms with van der Waals surface area (Å²) >= 11 is 0. The predicted octanol–water partition coefficient (Wildman–Crippen LogP) is 20.9. The van der Waals surface area contributed by atoms with Crippen molar-refractivity contribution >= 4 is 44.6 Å². The Kier molecular flexibility index (Phi) is 25.2. The molecule has 1 aromatic heterocycles. The summed E-state index contributed by atoms with van der Waals surface area (Å²) in [4.78, 5) is 12.9. The van der Waals surface area contributed by atoms with Crippen LogP contribution in [-0.4, -0.2) is 18.5 Å². The molecule has 28 heteroatoms. The Hall–Kier alpha value is -7.42. The smallest absolute Gasteiger partial charge is 0.416 e. The first-order valence-electron chi connectivity index (χ1n) is 30.0. The molecule has 7 rings (SSSR count). The molecular weight excluding hydrogens is 1320 g/mol. The number of aromatic nitrogens is 1. The van der Waals surface area contributed by atoms with Gasteiger partial charge >= 0.3 is 55.3 Å². The Morgan fingerprint density at radius 2 is 0.621 bits per heavy atom. The van der Waals surface area contributed by atoms with Crippen molar-refractivity contribution in [3.8, 4) is 5.88 Å². The molecule has 1 heterocycles. The standard InChI is InChI=1S/C35H50NO2.C32H12BF24/c1-2-3-4-5-6-7-8-9-10-11-12-13-14-15-16-22-29-38-35-33-26-21-20-23-31(33)27-28-36(35)30-34(37)32-24-18-17-19-25-32;34-25(35,36)13-1-14(26(37,38)39)6-21(5-13)33(22-7-15(27(40,41)42)2-16(8-22)28(43,44)45,23-9-17(29(46,47)48)3-18(10-23)30(49,50)51)24-11-19(31(52,53)54)4-20(12-24)32(55,56)57/h17-21,23-28H,2-16,22,29-30H2,1H3;1-12H/q+1;-1. The summed E-state index contributed by atoms with van der Waals surface area (Å²) in [7, 11) is 0. The van der Waals surface area contributed by atoms with E-state index >= 15 is 0 Å². The highest BCUT2D eigenvalue weighted by Gasteiger charge is 2.47. The van der Waals surface area contributed by atoms with E-state index in [2.05, 4.69) is 25.1 Å². The fraction of sp³-hybridized carbons (Fsp3) is 0.403. The van der Waals surface area contributed by atoms with Crippen molar-refractivity contribution < 1.29 is 119 Å². The average molecular weight is 1380 g/mol. The average Bonchev–Trinajstić information content (AvgIpc) is 0.709. The van der Waals surface area contributed by atoms with E-state index in [4.69, 9.17) is 4.74 Å². The highest BCUT2D eigenvalue weighted by molar-refractivity contribution is 7.20. The zero-order chi connectivity index (χ0) is 70.6. The summed E-state index contributed by atoms with van der Waals surface area (Å²) in [5.41, 5.74) is -29.5. The highest BCUT2D eigenvalue weighted by Crippen LogP contribution is 2.42. The summed E-state index contributed by atoms with van der Waals surface area (Å²) in [6.07, 6.45) is -31.0. The van der Waals surface area contributed by atoms with Crippen LogP contribution in [0.15, 0.2) is 140 Å². The van der Waals surface area contributed by atoms with Gasteiger partial charge in [0.25, 0.3) is 0 Å². The Balaban J connectivity index is 0.000000326. The van der Waals surface area contributed by atoms with E-state index in [9.17, 15) is 110 Å². The number of Topliss-reactive ketones (excluding diaryl/α,β-unsaturated/α-hetero) is 1. The van der Waals surface area contributed by atoms with E-state index in [0.717, 1.165) is 28.6 Å². The van der Waals surface area contributed by atoms with Crippen LogP contribution in [-0.2, 0) is 56.0 Å². The number of rotatable bonds is 25. The molecule has 0 saturated heterocycles. The molecule has 7 aromatic rings. The van der Waals surface area contributed by atoms with Crippen molar-refractivity contribution in [2.45, 2.75) is 166 Å². The molecule has 6 aromatic carbocycles. The maximum absolute atomic E-state index is 14.2. The fourth-order valence-corrected chi connectivity index (χ4v) is 11.3. The molecule has 0 aliphatic heterocycles. The van der Waals surface area contributed by atoms with Crippen LogP contribution in [0.2, 0.25) is 0 Å². The lowest BCUT2D eigenvalue weighted by Crippen LogP contribution is -2.75. The maximum atomic E-state index is 14.2. The number of carbonyl (C=O) groups excluding carboxylic acids is 1. The van der Waals surface area contributed by atoms with Crippen LogP contribution in [0.25, 0.3) is 10.8 Å². The first-order chi connectivity index (χ1) is 44.1. The largest absolute Gasteiger partial charge is 0.444 e. The van der Waals surface area contributed by atoms with Gasteiger partial charge in [-0.1, -0.05) is 200 Å². The van der Waals surface area contributed by atoms with Gasteiger partial charge in [-0.05, 0) is 42.1 Å². The number of alkyl halides is 24. The molecule has 3 nitrogen and oxygen atoms in total. The van der Waals surface area contributed by atoms with Gasteiger partial charge in [0, 0.05) is 11.6 Å². The summed E-state index contributed by atoms with van der Waals surface area (Å²) in [5, 5.41) is 2.20. The van der Waals surface area contributed by atoms with Gasteiger partial charge in [-0.25, -0.2) is 0 Å². The van der Waals surface area contributed by atoms with E-state index in [1.807, 2.05) is 53.2 Å². The van der Waals surface area contributed by atoms with Gasteiger partial charge < -0.3 is 4.74 Å². The van der Waals surface area contributed by atoms with Crippen LogP contribution in [0.3, 0.4) is 0 Å². The van der Waals surface area contributed by atoms with E-state index in [0.29, 0.717) is 6.61 Å². The number of fused-ring (bicyclic) bond motifs is 1. The van der Waals surface area contributed by atoms with E-state index in [-0.39, 0.29) is 12.3 Å². The number of hydrogen-bond acceptors (Lipinski definition) is 2. The number of ether oxygens (including phenoxy) is 1. The molecular formula is C67H62BF24NO2. The first-order valence-corrected chi connectivity index (χ1v) is 30.0. The molecule has 0 radical (unpaired) electrons. The molecule has 0 saturated carbocycles. The SMILES string of the molecule is CCCCCCCCCCCCCCCCCCOc1c2ccccc2cc[n+]1CC(=O)c1ccccc1.FC(F)(F)c1cc([B-](c2cc(C(F)(F)F)cc(C(F)(F)F)c2)(c2cc(C(F)(F)F)cc(C(F)(F)F)c2)c2cc(C(F)(F)F)cc(C(F)(F)F)c2)cc(C(F)(F)F)c1. The van der Waals surface area contributed by atoms with Crippen molar-refractivity contribution in [2.75, 3.05) is 6.61 Å². The number of halogens is 24. The molecule has 95 heavy (non-hydrogen) atoms. The third-order valence-corrected chi connectivity index (χ3v) is 16.0. The van der Waals surface area contributed by atoms with Crippen molar-refractivity contribution in [1.82, 2.24) is 0 Å². The van der Waals surface area contributed by atoms with Crippen molar-refractivity contribution in [3.63, 3.8) is 0 Å². The normalized spacial score (nSPS) is 13.1.